The van der Waals surface area contributed by atoms with Crippen molar-refractivity contribution in [3.8, 4) is 0 Å². The number of oxazole rings is 1. The summed E-state index contributed by atoms with van der Waals surface area (Å²) in [5.41, 5.74) is 2.44. The first kappa shape index (κ1) is 17.4. The van der Waals surface area contributed by atoms with E-state index in [4.69, 9.17) is 16.0 Å². The van der Waals surface area contributed by atoms with Crippen molar-refractivity contribution >= 4 is 55.1 Å². The zero-order valence-corrected chi connectivity index (χ0v) is 16.2. The number of hydrogen-bond acceptors (Lipinski definition) is 7. The molecule has 1 saturated heterocycles. The molecule has 0 spiro atoms. The molecule has 142 valence electrons. The lowest BCUT2D eigenvalue weighted by atomic mass is 9.97. The van der Waals surface area contributed by atoms with Gasteiger partial charge in [0.05, 0.1) is 15.1 Å². The van der Waals surface area contributed by atoms with Gasteiger partial charge in [-0.05, 0) is 37.1 Å². The van der Waals surface area contributed by atoms with E-state index < -0.39 is 0 Å². The van der Waals surface area contributed by atoms with E-state index in [2.05, 4.69) is 14.9 Å². The van der Waals surface area contributed by atoms with Crippen LogP contribution in [0.3, 0.4) is 0 Å². The van der Waals surface area contributed by atoms with Gasteiger partial charge in [0.15, 0.2) is 16.6 Å². The molecule has 1 aliphatic rings. The van der Waals surface area contributed by atoms with Gasteiger partial charge in [-0.2, -0.15) is 0 Å². The maximum atomic E-state index is 11.0. The molecule has 0 bridgehead atoms. The van der Waals surface area contributed by atoms with Crippen LogP contribution in [0.4, 0.5) is 10.8 Å². The number of nitro groups is 1. The quantitative estimate of drug-likeness (QED) is 0.330. The molecule has 1 fully saturated rings. The molecule has 9 heteroatoms. The van der Waals surface area contributed by atoms with Crippen LogP contribution in [0.2, 0.25) is 5.02 Å². The number of non-ortho nitro benzene ring substituents is 1. The van der Waals surface area contributed by atoms with E-state index in [0.29, 0.717) is 5.02 Å². The normalized spacial score (nSPS) is 15.5. The fraction of sp³-hybridized carbons (Fsp3) is 0.263. The van der Waals surface area contributed by atoms with Crippen LogP contribution in [0, 0.1) is 10.1 Å². The average Bonchev–Trinajstić information content (AvgIpc) is 3.31. The molecular weight excluding hydrogens is 400 g/mol. The van der Waals surface area contributed by atoms with Gasteiger partial charge in [0.25, 0.3) is 5.69 Å². The van der Waals surface area contributed by atoms with Crippen LogP contribution < -0.4 is 4.90 Å². The number of hydrogen-bond donors (Lipinski definition) is 0. The number of halogens is 1. The molecule has 7 nitrogen and oxygen atoms in total. The summed E-state index contributed by atoms with van der Waals surface area (Å²) in [6.07, 6.45) is 1.83. The summed E-state index contributed by atoms with van der Waals surface area (Å²) in [6.45, 7) is 1.68. The van der Waals surface area contributed by atoms with Crippen LogP contribution in [0.25, 0.3) is 21.3 Å². The molecule has 2 aromatic heterocycles. The summed E-state index contributed by atoms with van der Waals surface area (Å²) in [7, 11) is 0. The Morgan fingerprint density at radius 1 is 1.14 bits per heavy atom. The molecule has 28 heavy (non-hydrogen) atoms. The molecule has 0 aliphatic carbocycles. The maximum absolute atomic E-state index is 11.0. The third-order valence-corrected chi connectivity index (χ3v) is 6.37. The minimum atomic E-state index is -0.377. The zero-order valence-electron chi connectivity index (χ0n) is 14.7. The van der Waals surface area contributed by atoms with E-state index in [-0.39, 0.29) is 16.5 Å². The van der Waals surface area contributed by atoms with Crippen molar-refractivity contribution in [3.05, 3.63) is 57.4 Å². The zero-order chi connectivity index (χ0) is 19.3. The molecule has 3 heterocycles. The third-order valence-electron chi connectivity index (χ3n) is 5.05. The van der Waals surface area contributed by atoms with E-state index in [1.165, 1.54) is 17.4 Å². The molecule has 0 unspecified atom stereocenters. The molecule has 5 rings (SSSR count). The van der Waals surface area contributed by atoms with Gasteiger partial charge in [0.1, 0.15) is 5.52 Å². The Kier molecular flexibility index (Phi) is 4.17. The smallest absolute Gasteiger partial charge is 0.270 e. The predicted molar refractivity (Wildman–Crippen MR) is 109 cm³/mol. The van der Waals surface area contributed by atoms with E-state index in [9.17, 15) is 10.1 Å². The Bertz CT molecular complexity index is 1200. The summed E-state index contributed by atoms with van der Waals surface area (Å²) in [5.74, 6) is 1.02. The van der Waals surface area contributed by atoms with Crippen molar-refractivity contribution in [1.29, 1.82) is 0 Å². The number of thiazole rings is 1. The van der Waals surface area contributed by atoms with E-state index in [1.54, 1.807) is 18.2 Å². The Hall–Kier alpha value is -2.71. The molecule has 0 atom stereocenters. The van der Waals surface area contributed by atoms with E-state index >= 15 is 0 Å². The highest BCUT2D eigenvalue weighted by molar-refractivity contribution is 7.22. The van der Waals surface area contributed by atoms with Crippen LogP contribution in [-0.2, 0) is 0 Å². The molecule has 1 aliphatic heterocycles. The van der Waals surface area contributed by atoms with Gasteiger partial charge in [0.2, 0.25) is 0 Å². The lowest BCUT2D eigenvalue weighted by molar-refractivity contribution is -0.384. The van der Waals surface area contributed by atoms with Crippen LogP contribution in [0.5, 0.6) is 0 Å². The van der Waals surface area contributed by atoms with Gasteiger partial charge in [-0.25, -0.2) is 9.97 Å². The number of rotatable bonds is 3. The number of nitrogens with zero attached hydrogens (tertiary/aromatic N) is 4. The van der Waals surface area contributed by atoms with Crippen molar-refractivity contribution in [1.82, 2.24) is 9.97 Å². The average molecular weight is 415 g/mol. The maximum Gasteiger partial charge on any atom is 0.270 e. The van der Waals surface area contributed by atoms with Gasteiger partial charge in [-0.1, -0.05) is 22.9 Å². The van der Waals surface area contributed by atoms with Gasteiger partial charge < -0.3 is 9.32 Å². The molecular formula is C19H15ClN4O3S. The number of nitro benzene ring substituents is 1. The third kappa shape index (κ3) is 3.08. The standard InChI is InChI=1S/C19H15ClN4O3S/c20-12-1-4-16-15(9-12)21-18(27-16)11-5-7-23(8-6-11)19-22-14-3-2-13(24(25)26)10-17(14)28-19/h1-4,9-11H,5-8H2. The Balaban J connectivity index is 1.33. The Morgan fingerprint density at radius 2 is 1.96 bits per heavy atom. The molecule has 4 aromatic rings. The molecule has 0 radical (unpaired) electrons. The topological polar surface area (TPSA) is 85.3 Å². The lowest BCUT2D eigenvalue weighted by Crippen LogP contribution is -2.32. The van der Waals surface area contributed by atoms with Crippen LogP contribution in [-0.4, -0.2) is 28.0 Å². The summed E-state index contributed by atoms with van der Waals surface area (Å²) in [5, 5.41) is 12.5. The molecule has 2 aromatic carbocycles. The van der Waals surface area contributed by atoms with Crippen LogP contribution >= 0.6 is 22.9 Å². The van der Waals surface area contributed by atoms with Crippen molar-refractivity contribution in [2.75, 3.05) is 18.0 Å². The first-order valence-corrected chi connectivity index (χ1v) is 10.1. The fourth-order valence-electron chi connectivity index (χ4n) is 3.56. The van der Waals surface area contributed by atoms with Crippen molar-refractivity contribution in [3.63, 3.8) is 0 Å². The second kappa shape index (κ2) is 6.72. The summed E-state index contributed by atoms with van der Waals surface area (Å²) < 4.78 is 6.76. The first-order chi connectivity index (χ1) is 13.6. The van der Waals surface area contributed by atoms with Crippen molar-refractivity contribution in [2.24, 2.45) is 0 Å². The second-order valence-corrected chi connectivity index (χ2v) is 8.28. The highest BCUT2D eigenvalue weighted by atomic mass is 35.5. The van der Waals surface area contributed by atoms with E-state index in [1.807, 2.05) is 12.1 Å². The molecule has 0 saturated carbocycles. The summed E-state index contributed by atoms with van der Waals surface area (Å²) in [4.78, 5) is 22.1. The van der Waals surface area contributed by atoms with Crippen molar-refractivity contribution in [2.45, 2.75) is 18.8 Å². The highest BCUT2D eigenvalue weighted by Crippen LogP contribution is 2.36. The highest BCUT2D eigenvalue weighted by Gasteiger charge is 2.26. The van der Waals surface area contributed by atoms with Crippen LogP contribution in [0.15, 0.2) is 40.8 Å². The second-order valence-electron chi connectivity index (χ2n) is 6.83. The number of anilines is 1. The van der Waals surface area contributed by atoms with Gasteiger partial charge >= 0.3 is 0 Å². The number of aromatic nitrogens is 2. The molecule has 0 amide bonds. The van der Waals surface area contributed by atoms with Gasteiger partial charge in [-0.15, -0.1) is 0 Å². The monoisotopic (exact) mass is 414 g/mol. The Morgan fingerprint density at radius 3 is 2.75 bits per heavy atom. The molecule has 0 N–H and O–H groups in total. The van der Waals surface area contributed by atoms with Crippen LogP contribution in [0.1, 0.15) is 24.7 Å². The summed E-state index contributed by atoms with van der Waals surface area (Å²) in [6, 6.07) is 10.3. The van der Waals surface area contributed by atoms with E-state index in [0.717, 1.165) is 58.3 Å². The first-order valence-electron chi connectivity index (χ1n) is 8.93. The van der Waals surface area contributed by atoms with Gasteiger partial charge in [-0.3, -0.25) is 10.1 Å². The SMILES string of the molecule is O=[N+]([O-])c1ccc2nc(N3CCC(c4nc5cc(Cl)ccc5o4)CC3)sc2c1. The van der Waals surface area contributed by atoms with Crippen molar-refractivity contribution < 1.29 is 9.34 Å². The number of piperidine rings is 1. The Labute approximate surface area is 168 Å². The predicted octanol–water partition coefficient (Wildman–Crippen LogP) is 5.38. The fourth-order valence-corrected chi connectivity index (χ4v) is 4.78. The minimum Gasteiger partial charge on any atom is -0.440 e. The minimum absolute atomic E-state index is 0.0949. The largest absolute Gasteiger partial charge is 0.440 e. The summed E-state index contributed by atoms with van der Waals surface area (Å²) >= 11 is 7.52. The number of fused-ring (bicyclic) bond motifs is 2. The van der Waals surface area contributed by atoms with Gasteiger partial charge in [0, 0.05) is 36.2 Å². The lowest BCUT2D eigenvalue weighted by Gasteiger charge is -2.30. The number of benzene rings is 2.